The molecular weight excluding hydrogens is 355 g/mol. The van der Waals surface area contributed by atoms with Crippen LogP contribution in [-0.2, 0) is 21.3 Å². The first kappa shape index (κ1) is 17.2. The van der Waals surface area contributed by atoms with Crippen molar-refractivity contribution in [2.24, 2.45) is 0 Å². The van der Waals surface area contributed by atoms with Crippen molar-refractivity contribution < 1.29 is 9.00 Å². The number of pyridine rings is 1. The molecule has 0 spiro atoms. The average Bonchev–Trinajstić information content (AvgIpc) is 3.16. The minimum absolute atomic E-state index is 0.0165. The summed E-state index contributed by atoms with van der Waals surface area (Å²) in [5.74, 6) is 0.251. The van der Waals surface area contributed by atoms with Crippen molar-refractivity contribution in [2.45, 2.75) is 56.4 Å². The predicted molar refractivity (Wildman–Crippen MR) is 93.1 cm³/mol. The fourth-order valence-corrected chi connectivity index (χ4v) is 4.79. The molecule has 2 saturated carbocycles. The summed E-state index contributed by atoms with van der Waals surface area (Å²) in [6, 6.07) is 2.31. The van der Waals surface area contributed by atoms with Crippen molar-refractivity contribution in [1.29, 1.82) is 0 Å². The molecule has 2 aliphatic rings. The van der Waals surface area contributed by atoms with Crippen LogP contribution < -0.4 is 0 Å². The summed E-state index contributed by atoms with van der Waals surface area (Å²) in [5.41, 5.74) is 0.529. The lowest BCUT2D eigenvalue weighted by Gasteiger charge is -2.29. The van der Waals surface area contributed by atoms with E-state index in [4.69, 9.17) is 23.2 Å². The topological polar surface area (TPSA) is 50.3 Å². The second-order valence-electron chi connectivity index (χ2n) is 6.28. The molecule has 1 heterocycles. The Morgan fingerprint density at radius 1 is 1.22 bits per heavy atom. The number of nitrogens with zero attached hydrogens (tertiary/aromatic N) is 2. The molecule has 0 saturated heterocycles. The second kappa shape index (κ2) is 7.49. The van der Waals surface area contributed by atoms with Gasteiger partial charge in [0.05, 0.1) is 21.5 Å². The number of hydrogen-bond donors (Lipinski definition) is 0. The molecule has 0 radical (unpaired) electrons. The lowest BCUT2D eigenvalue weighted by molar-refractivity contribution is -0.131. The number of hydrogen-bond acceptors (Lipinski definition) is 3. The van der Waals surface area contributed by atoms with Crippen LogP contribution in [0.2, 0.25) is 10.0 Å². The zero-order valence-electron chi connectivity index (χ0n) is 12.8. The van der Waals surface area contributed by atoms with Gasteiger partial charge in [0.2, 0.25) is 5.91 Å². The van der Waals surface area contributed by atoms with Crippen LogP contribution in [0.4, 0.5) is 0 Å². The highest BCUT2D eigenvalue weighted by atomic mass is 35.5. The molecule has 1 amide bonds. The standard InChI is InChI=1S/C16H20Cl2N2O2S/c17-11-7-14(18)15(19-8-11)9-23(22)10-16(21)20(13-5-6-13)12-3-1-2-4-12/h7-8,12-13H,1-6,9-10H2. The van der Waals surface area contributed by atoms with E-state index in [0.717, 1.165) is 25.7 Å². The fourth-order valence-electron chi connectivity index (χ4n) is 3.21. The highest BCUT2D eigenvalue weighted by molar-refractivity contribution is 7.84. The Bertz CT molecular complexity index is 616. The van der Waals surface area contributed by atoms with E-state index in [9.17, 15) is 9.00 Å². The molecule has 0 aromatic carbocycles. The van der Waals surface area contributed by atoms with E-state index in [1.54, 1.807) is 6.07 Å². The third-order valence-corrected chi connectivity index (χ3v) is 6.11. The molecule has 3 rings (SSSR count). The molecule has 1 aromatic rings. The summed E-state index contributed by atoms with van der Waals surface area (Å²) < 4.78 is 12.4. The summed E-state index contributed by atoms with van der Waals surface area (Å²) in [5, 5.41) is 0.842. The minimum atomic E-state index is -1.31. The van der Waals surface area contributed by atoms with Crippen molar-refractivity contribution in [2.75, 3.05) is 5.75 Å². The van der Waals surface area contributed by atoms with Gasteiger partial charge in [-0.15, -0.1) is 0 Å². The maximum absolute atomic E-state index is 12.6. The molecule has 2 aliphatic carbocycles. The zero-order valence-corrected chi connectivity index (χ0v) is 15.2. The maximum Gasteiger partial charge on any atom is 0.235 e. The SMILES string of the molecule is O=C(CS(=O)Cc1ncc(Cl)cc1Cl)N(C1CCCC1)C1CC1. The van der Waals surface area contributed by atoms with Crippen molar-refractivity contribution in [3.05, 3.63) is 28.0 Å². The summed E-state index contributed by atoms with van der Waals surface area (Å²) in [4.78, 5) is 18.7. The normalized spacial score (nSPS) is 19.7. The van der Waals surface area contributed by atoms with Gasteiger partial charge in [0.15, 0.2) is 0 Å². The van der Waals surface area contributed by atoms with Crippen LogP contribution in [0.5, 0.6) is 0 Å². The van der Waals surface area contributed by atoms with Gasteiger partial charge in [-0.2, -0.15) is 0 Å². The average molecular weight is 375 g/mol. The largest absolute Gasteiger partial charge is 0.336 e. The van der Waals surface area contributed by atoms with Crippen LogP contribution in [0.15, 0.2) is 12.3 Å². The summed E-state index contributed by atoms with van der Waals surface area (Å²) in [6.45, 7) is 0. The van der Waals surface area contributed by atoms with Gasteiger partial charge in [-0.25, -0.2) is 0 Å². The van der Waals surface area contributed by atoms with E-state index in [-0.39, 0.29) is 17.4 Å². The molecule has 0 bridgehead atoms. The minimum Gasteiger partial charge on any atom is -0.336 e. The molecule has 1 atom stereocenters. The van der Waals surface area contributed by atoms with Crippen molar-refractivity contribution in [3.8, 4) is 0 Å². The lowest BCUT2D eigenvalue weighted by Crippen LogP contribution is -2.43. The van der Waals surface area contributed by atoms with E-state index in [1.807, 2.05) is 4.90 Å². The number of amides is 1. The third kappa shape index (κ3) is 4.46. The smallest absolute Gasteiger partial charge is 0.235 e. The zero-order chi connectivity index (χ0) is 16.4. The molecule has 1 unspecified atom stereocenters. The van der Waals surface area contributed by atoms with Gasteiger partial charge in [-0.3, -0.25) is 14.0 Å². The Balaban J connectivity index is 1.60. The molecule has 126 valence electrons. The van der Waals surface area contributed by atoms with Gasteiger partial charge in [-0.1, -0.05) is 36.0 Å². The maximum atomic E-state index is 12.6. The van der Waals surface area contributed by atoms with Gasteiger partial charge in [0.1, 0.15) is 5.75 Å². The van der Waals surface area contributed by atoms with Gasteiger partial charge in [0, 0.05) is 29.1 Å². The number of carbonyl (C=O) groups excluding carboxylic acids is 1. The molecular formula is C16H20Cl2N2O2S. The first-order valence-electron chi connectivity index (χ1n) is 8.00. The summed E-state index contributed by atoms with van der Waals surface area (Å²) in [7, 11) is -1.31. The van der Waals surface area contributed by atoms with E-state index < -0.39 is 10.8 Å². The molecule has 1 aromatic heterocycles. The lowest BCUT2D eigenvalue weighted by atomic mass is 10.2. The number of carbonyl (C=O) groups is 1. The fraction of sp³-hybridized carbons (Fsp3) is 0.625. The molecule has 4 nitrogen and oxygen atoms in total. The predicted octanol–water partition coefficient (Wildman–Crippen LogP) is 3.57. The van der Waals surface area contributed by atoms with Crippen LogP contribution in [0.1, 0.15) is 44.2 Å². The number of rotatable bonds is 6. The van der Waals surface area contributed by atoms with Crippen LogP contribution in [0, 0.1) is 0 Å². The van der Waals surface area contributed by atoms with Crippen molar-refractivity contribution in [3.63, 3.8) is 0 Å². The Kier molecular flexibility index (Phi) is 5.60. The summed E-state index contributed by atoms with van der Waals surface area (Å²) >= 11 is 11.9. The monoisotopic (exact) mass is 374 g/mol. The van der Waals surface area contributed by atoms with E-state index in [0.29, 0.717) is 27.8 Å². The number of aromatic nitrogens is 1. The van der Waals surface area contributed by atoms with Crippen LogP contribution in [0.3, 0.4) is 0 Å². The molecule has 0 aliphatic heterocycles. The van der Waals surface area contributed by atoms with Gasteiger partial charge < -0.3 is 4.90 Å². The second-order valence-corrected chi connectivity index (χ2v) is 8.58. The molecule has 2 fully saturated rings. The Labute approximate surface area is 149 Å². The molecule has 23 heavy (non-hydrogen) atoms. The Morgan fingerprint density at radius 2 is 1.87 bits per heavy atom. The highest BCUT2D eigenvalue weighted by Crippen LogP contribution is 2.34. The van der Waals surface area contributed by atoms with Gasteiger partial charge in [-0.05, 0) is 31.7 Å². The Morgan fingerprint density at radius 3 is 2.48 bits per heavy atom. The van der Waals surface area contributed by atoms with Crippen molar-refractivity contribution >= 4 is 39.9 Å². The molecule has 0 N–H and O–H groups in total. The summed E-state index contributed by atoms with van der Waals surface area (Å²) in [6.07, 6.45) is 8.19. The first-order valence-corrected chi connectivity index (χ1v) is 10.2. The first-order chi connectivity index (χ1) is 11.0. The van der Waals surface area contributed by atoms with Gasteiger partial charge in [0.25, 0.3) is 0 Å². The van der Waals surface area contributed by atoms with E-state index in [2.05, 4.69) is 4.98 Å². The number of halogens is 2. The van der Waals surface area contributed by atoms with E-state index in [1.165, 1.54) is 19.0 Å². The van der Waals surface area contributed by atoms with Crippen LogP contribution in [-0.4, -0.2) is 37.8 Å². The highest BCUT2D eigenvalue weighted by Gasteiger charge is 2.38. The third-order valence-electron chi connectivity index (χ3n) is 4.41. The molecule has 7 heteroatoms. The quantitative estimate of drug-likeness (QED) is 0.764. The van der Waals surface area contributed by atoms with Crippen molar-refractivity contribution in [1.82, 2.24) is 9.88 Å². The Hall–Kier alpha value is -0.650. The van der Waals surface area contributed by atoms with Crippen LogP contribution in [0.25, 0.3) is 0 Å². The van der Waals surface area contributed by atoms with E-state index >= 15 is 0 Å². The van der Waals surface area contributed by atoms with Gasteiger partial charge >= 0.3 is 0 Å². The van der Waals surface area contributed by atoms with Crippen LogP contribution >= 0.6 is 23.2 Å².